The van der Waals surface area contributed by atoms with Crippen LogP contribution in [0.3, 0.4) is 0 Å². The van der Waals surface area contributed by atoms with E-state index in [-0.39, 0.29) is 29.9 Å². The van der Waals surface area contributed by atoms with Gasteiger partial charge in [-0.15, -0.1) is 0 Å². The molecule has 1 fully saturated rings. The van der Waals surface area contributed by atoms with Crippen LogP contribution in [-0.2, 0) is 19.6 Å². The van der Waals surface area contributed by atoms with Crippen molar-refractivity contribution in [1.82, 2.24) is 4.31 Å². The van der Waals surface area contributed by atoms with E-state index in [4.69, 9.17) is 4.74 Å². The highest BCUT2D eigenvalue weighted by Crippen LogP contribution is 2.35. The summed E-state index contributed by atoms with van der Waals surface area (Å²) in [5, 5.41) is 5.63. The summed E-state index contributed by atoms with van der Waals surface area (Å²) in [6, 6.07) is 8.89. The Hall–Kier alpha value is -2.91. The van der Waals surface area contributed by atoms with E-state index in [2.05, 4.69) is 10.6 Å². The highest BCUT2D eigenvalue weighted by molar-refractivity contribution is 7.89. The number of carbonyl (C=O) groups excluding carboxylic acids is 2. The summed E-state index contributed by atoms with van der Waals surface area (Å²) in [4.78, 5) is 24.6. The van der Waals surface area contributed by atoms with E-state index in [1.54, 1.807) is 13.0 Å². The van der Waals surface area contributed by atoms with Crippen LogP contribution in [0.15, 0.2) is 35.2 Å². The van der Waals surface area contributed by atoms with Crippen LogP contribution < -0.4 is 15.4 Å². The largest absolute Gasteiger partial charge is 0.482 e. The Morgan fingerprint density at radius 1 is 1.12 bits per heavy atom. The molecule has 0 unspecified atom stereocenters. The van der Waals surface area contributed by atoms with E-state index >= 15 is 0 Å². The number of aryl methyl sites for hydroxylation is 3. The van der Waals surface area contributed by atoms with Crippen molar-refractivity contribution < 1.29 is 22.7 Å². The van der Waals surface area contributed by atoms with Crippen LogP contribution in [-0.4, -0.2) is 44.2 Å². The molecule has 2 aliphatic rings. The fraction of sp³-hybridized carbons (Fsp3) is 0.391. The molecular formula is C23H27N3O5S. The van der Waals surface area contributed by atoms with Gasteiger partial charge in [0.05, 0.1) is 16.5 Å². The SMILES string of the molecule is Cc1cc(C)cc(NC(=O)[C@@H]2CCCN(S(=O)(=O)c3cc4c(cc3C)NC(=O)CO4)C2)c1. The quantitative estimate of drug-likeness (QED) is 0.734. The number of nitrogens with one attached hydrogen (secondary N) is 2. The van der Waals surface area contributed by atoms with Gasteiger partial charge in [-0.1, -0.05) is 6.07 Å². The minimum absolute atomic E-state index is 0.118. The van der Waals surface area contributed by atoms with Gasteiger partial charge in [-0.3, -0.25) is 9.59 Å². The molecule has 32 heavy (non-hydrogen) atoms. The van der Waals surface area contributed by atoms with E-state index in [0.29, 0.717) is 36.4 Å². The van der Waals surface area contributed by atoms with Crippen LogP contribution in [0.1, 0.15) is 29.5 Å². The van der Waals surface area contributed by atoms with Crippen LogP contribution >= 0.6 is 0 Å². The van der Waals surface area contributed by atoms with Gasteiger partial charge < -0.3 is 15.4 Å². The second-order valence-electron chi connectivity index (χ2n) is 8.52. The zero-order valence-electron chi connectivity index (χ0n) is 18.4. The van der Waals surface area contributed by atoms with Gasteiger partial charge in [-0.05, 0) is 68.5 Å². The van der Waals surface area contributed by atoms with Crippen LogP contribution in [0.25, 0.3) is 0 Å². The first-order valence-corrected chi connectivity index (χ1v) is 12.0. The maximum absolute atomic E-state index is 13.4. The minimum atomic E-state index is -3.83. The molecular weight excluding hydrogens is 430 g/mol. The maximum atomic E-state index is 13.4. The molecule has 0 aliphatic carbocycles. The molecule has 0 bridgehead atoms. The van der Waals surface area contributed by atoms with Gasteiger partial charge in [0.2, 0.25) is 15.9 Å². The van der Waals surface area contributed by atoms with Crippen molar-refractivity contribution in [3.8, 4) is 5.75 Å². The van der Waals surface area contributed by atoms with Crippen molar-refractivity contribution in [2.24, 2.45) is 5.92 Å². The molecule has 0 aromatic heterocycles. The molecule has 2 aromatic rings. The van der Waals surface area contributed by atoms with Crippen LogP contribution in [0.2, 0.25) is 0 Å². The van der Waals surface area contributed by atoms with Crippen molar-refractivity contribution in [3.63, 3.8) is 0 Å². The lowest BCUT2D eigenvalue weighted by molar-refractivity contribution is -0.121. The molecule has 2 N–H and O–H groups in total. The van der Waals surface area contributed by atoms with Gasteiger partial charge in [-0.25, -0.2) is 8.42 Å². The maximum Gasteiger partial charge on any atom is 0.262 e. The molecule has 2 aromatic carbocycles. The van der Waals surface area contributed by atoms with Crippen molar-refractivity contribution in [2.45, 2.75) is 38.5 Å². The number of sulfonamides is 1. The van der Waals surface area contributed by atoms with E-state index in [1.165, 1.54) is 10.4 Å². The predicted octanol–water partition coefficient (Wildman–Crippen LogP) is 2.98. The molecule has 8 nitrogen and oxygen atoms in total. The summed E-state index contributed by atoms with van der Waals surface area (Å²) in [6.07, 6.45) is 1.22. The molecule has 2 heterocycles. The monoisotopic (exact) mass is 457 g/mol. The lowest BCUT2D eigenvalue weighted by Gasteiger charge is -2.32. The third kappa shape index (κ3) is 4.49. The van der Waals surface area contributed by atoms with Crippen molar-refractivity contribution in [3.05, 3.63) is 47.0 Å². The van der Waals surface area contributed by atoms with Crippen molar-refractivity contribution in [1.29, 1.82) is 0 Å². The zero-order valence-corrected chi connectivity index (χ0v) is 19.2. The Labute approximate surface area is 188 Å². The van der Waals surface area contributed by atoms with E-state index in [0.717, 1.165) is 16.8 Å². The standard InChI is InChI=1S/C23H27N3O5S/c1-14-7-15(2)9-18(8-14)24-23(28)17-5-4-6-26(12-17)32(29,30)21-11-20-19(10-16(21)3)25-22(27)13-31-20/h7-11,17H,4-6,12-13H2,1-3H3,(H,24,28)(H,25,27)/t17-/m1/s1. The van der Waals surface area contributed by atoms with E-state index in [9.17, 15) is 18.0 Å². The second-order valence-corrected chi connectivity index (χ2v) is 10.4. The first kappa shape index (κ1) is 22.3. The molecule has 170 valence electrons. The number of piperidine rings is 1. The fourth-order valence-electron chi connectivity index (χ4n) is 4.30. The highest BCUT2D eigenvalue weighted by atomic mass is 32.2. The lowest BCUT2D eigenvalue weighted by atomic mass is 9.98. The number of rotatable bonds is 4. The Morgan fingerprint density at radius 3 is 2.56 bits per heavy atom. The molecule has 2 aliphatic heterocycles. The summed E-state index contributed by atoms with van der Waals surface area (Å²) in [6.45, 7) is 5.93. The number of nitrogens with zero attached hydrogens (tertiary/aromatic N) is 1. The van der Waals surface area contributed by atoms with Gasteiger partial charge >= 0.3 is 0 Å². The average Bonchev–Trinajstić information content (AvgIpc) is 2.72. The topological polar surface area (TPSA) is 105 Å². The second kappa shape index (κ2) is 8.55. The number of anilines is 2. The Morgan fingerprint density at radius 2 is 1.84 bits per heavy atom. The van der Waals surface area contributed by atoms with Crippen LogP contribution in [0, 0.1) is 26.7 Å². The van der Waals surface area contributed by atoms with Crippen molar-refractivity contribution in [2.75, 3.05) is 30.3 Å². The van der Waals surface area contributed by atoms with Crippen LogP contribution in [0.4, 0.5) is 11.4 Å². The number of carbonyl (C=O) groups is 2. The molecule has 0 radical (unpaired) electrons. The average molecular weight is 458 g/mol. The fourth-order valence-corrected chi connectivity index (χ4v) is 6.04. The summed E-state index contributed by atoms with van der Waals surface area (Å²) in [5.74, 6) is -0.563. The molecule has 1 atom stereocenters. The zero-order chi connectivity index (χ0) is 23.0. The number of hydrogen-bond acceptors (Lipinski definition) is 5. The first-order chi connectivity index (χ1) is 15.1. The summed E-state index contributed by atoms with van der Waals surface area (Å²) >= 11 is 0. The predicted molar refractivity (Wildman–Crippen MR) is 121 cm³/mol. The summed E-state index contributed by atoms with van der Waals surface area (Å²) in [7, 11) is -3.83. The van der Waals surface area contributed by atoms with E-state index < -0.39 is 15.9 Å². The molecule has 0 spiro atoms. The van der Waals surface area contributed by atoms with Gasteiger partial charge in [-0.2, -0.15) is 4.31 Å². The van der Waals surface area contributed by atoms with Crippen molar-refractivity contribution >= 4 is 33.2 Å². The summed E-state index contributed by atoms with van der Waals surface area (Å²) in [5.41, 5.74) is 3.79. The van der Waals surface area contributed by atoms with E-state index in [1.807, 2.05) is 32.0 Å². The van der Waals surface area contributed by atoms with Gasteiger partial charge in [0.1, 0.15) is 5.75 Å². The number of hydrogen-bond donors (Lipinski definition) is 2. The molecule has 1 saturated heterocycles. The van der Waals surface area contributed by atoms with Gasteiger partial charge in [0.15, 0.2) is 6.61 Å². The molecule has 0 saturated carbocycles. The number of ether oxygens (including phenoxy) is 1. The Balaban J connectivity index is 1.53. The normalized spacial score (nSPS) is 19.0. The number of fused-ring (bicyclic) bond motifs is 1. The van der Waals surface area contributed by atoms with Gasteiger partial charge in [0.25, 0.3) is 5.91 Å². The lowest BCUT2D eigenvalue weighted by Crippen LogP contribution is -2.43. The third-order valence-corrected chi connectivity index (χ3v) is 7.78. The Kier molecular flexibility index (Phi) is 5.96. The number of benzene rings is 2. The molecule has 9 heteroatoms. The van der Waals surface area contributed by atoms with Crippen LogP contribution in [0.5, 0.6) is 5.75 Å². The molecule has 4 rings (SSSR count). The molecule has 2 amide bonds. The van der Waals surface area contributed by atoms with Gasteiger partial charge in [0, 0.05) is 24.8 Å². The summed E-state index contributed by atoms with van der Waals surface area (Å²) < 4.78 is 33.6. The smallest absolute Gasteiger partial charge is 0.262 e. The Bertz CT molecular complexity index is 1170. The highest BCUT2D eigenvalue weighted by Gasteiger charge is 2.35. The third-order valence-electron chi connectivity index (χ3n) is 5.77. The minimum Gasteiger partial charge on any atom is -0.482 e. The first-order valence-electron chi connectivity index (χ1n) is 10.6. The number of amides is 2.